The summed E-state index contributed by atoms with van der Waals surface area (Å²) < 4.78 is 13.5. The first-order chi connectivity index (χ1) is 10.7. The topological polar surface area (TPSA) is 54.0 Å². The average Bonchev–Trinajstić information content (AvgIpc) is 2.55. The molecule has 0 bridgehead atoms. The smallest absolute Gasteiger partial charge is 0.252 e. The van der Waals surface area contributed by atoms with Crippen LogP contribution in [-0.2, 0) is 6.42 Å². The van der Waals surface area contributed by atoms with E-state index in [-0.39, 0.29) is 11.7 Å². The van der Waals surface area contributed by atoms with Gasteiger partial charge < -0.3 is 10.6 Å². The predicted octanol–water partition coefficient (Wildman–Crippen LogP) is 3.02. The van der Waals surface area contributed by atoms with Crippen LogP contribution in [0.4, 0.5) is 10.2 Å². The fourth-order valence-electron chi connectivity index (χ4n) is 2.00. The largest absolute Gasteiger partial charge is 0.370 e. The van der Waals surface area contributed by atoms with E-state index in [9.17, 15) is 9.18 Å². The standard InChI is InChI=1S/C17H20FN3O/c1-2-10-19-16-8-7-14(12-21-16)17(22)20-11-9-13-5-3-4-6-15(13)18/h3-8,12H,2,9-11H2,1H3,(H,19,21)(H,20,22). The van der Waals surface area contributed by atoms with E-state index in [4.69, 9.17) is 0 Å². The molecule has 0 aliphatic heterocycles. The van der Waals surface area contributed by atoms with Crippen LogP contribution in [0.1, 0.15) is 29.3 Å². The van der Waals surface area contributed by atoms with Gasteiger partial charge in [0.1, 0.15) is 11.6 Å². The molecule has 2 aromatic rings. The zero-order chi connectivity index (χ0) is 15.8. The Hall–Kier alpha value is -2.43. The SMILES string of the molecule is CCCNc1ccc(C(=O)NCCc2ccccc2F)cn1. The average molecular weight is 301 g/mol. The van der Waals surface area contributed by atoms with Crippen LogP contribution in [0.25, 0.3) is 0 Å². The Kier molecular flexibility index (Phi) is 5.89. The molecule has 0 saturated heterocycles. The predicted molar refractivity (Wildman–Crippen MR) is 85.5 cm³/mol. The normalized spacial score (nSPS) is 10.3. The zero-order valence-corrected chi connectivity index (χ0v) is 12.6. The van der Waals surface area contributed by atoms with Crippen molar-refractivity contribution in [2.45, 2.75) is 19.8 Å². The van der Waals surface area contributed by atoms with Crippen LogP contribution >= 0.6 is 0 Å². The molecule has 0 aliphatic carbocycles. The summed E-state index contributed by atoms with van der Waals surface area (Å²) in [5.41, 5.74) is 1.09. The van der Waals surface area contributed by atoms with E-state index >= 15 is 0 Å². The molecule has 0 spiro atoms. The first kappa shape index (κ1) is 15.9. The van der Waals surface area contributed by atoms with Crippen LogP contribution in [0, 0.1) is 5.82 Å². The van der Waals surface area contributed by atoms with Crippen LogP contribution in [0.3, 0.4) is 0 Å². The van der Waals surface area contributed by atoms with Crippen molar-refractivity contribution in [1.82, 2.24) is 10.3 Å². The van der Waals surface area contributed by atoms with Crippen molar-refractivity contribution in [2.24, 2.45) is 0 Å². The van der Waals surface area contributed by atoms with Gasteiger partial charge in [-0.1, -0.05) is 25.1 Å². The molecule has 22 heavy (non-hydrogen) atoms. The van der Waals surface area contributed by atoms with Gasteiger partial charge in [-0.05, 0) is 36.6 Å². The number of amides is 1. The maximum absolute atomic E-state index is 13.5. The molecule has 1 aromatic heterocycles. The molecule has 0 aliphatic rings. The highest BCUT2D eigenvalue weighted by molar-refractivity contribution is 5.94. The summed E-state index contributed by atoms with van der Waals surface area (Å²) in [5, 5.41) is 5.92. The molecule has 4 nitrogen and oxygen atoms in total. The lowest BCUT2D eigenvalue weighted by Gasteiger charge is -2.07. The minimum atomic E-state index is -0.246. The van der Waals surface area contributed by atoms with E-state index in [0.29, 0.717) is 24.1 Å². The maximum atomic E-state index is 13.5. The number of aromatic nitrogens is 1. The van der Waals surface area contributed by atoms with Gasteiger partial charge in [-0.3, -0.25) is 4.79 Å². The van der Waals surface area contributed by atoms with E-state index < -0.39 is 0 Å². The van der Waals surface area contributed by atoms with Gasteiger partial charge in [0.2, 0.25) is 0 Å². The molecule has 5 heteroatoms. The Balaban J connectivity index is 1.83. The summed E-state index contributed by atoms with van der Waals surface area (Å²) in [7, 11) is 0. The van der Waals surface area contributed by atoms with E-state index in [1.807, 2.05) is 0 Å². The Bertz CT molecular complexity index is 614. The van der Waals surface area contributed by atoms with Gasteiger partial charge in [0, 0.05) is 19.3 Å². The lowest BCUT2D eigenvalue weighted by atomic mass is 10.1. The van der Waals surface area contributed by atoms with E-state index in [1.165, 1.54) is 12.3 Å². The van der Waals surface area contributed by atoms with Crippen molar-refractivity contribution in [3.8, 4) is 0 Å². The molecule has 1 aromatic carbocycles. The number of hydrogen-bond donors (Lipinski definition) is 2. The van der Waals surface area contributed by atoms with Crippen LogP contribution in [0.5, 0.6) is 0 Å². The quantitative estimate of drug-likeness (QED) is 0.826. The van der Waals surface area contributed by atoms with E-state index in [1.54, 1.807) is 30.3 Å². The molecule has 0 fully saturated rings. The van der Waals surface area contributed by atoms with Crippen molar-refractivity contribution in [3.05, 3.63) is 59.5 Å². The number of anilines is 1. The molecule has 0 saturated carbocycles. The molecule has 1 heterocycles. The minimum absolute atomic E-state index is 0.203. The Morgan fingerprint density at radius 2 is 2.00 bits per heavy atom. The number of pyridine rings is 1. The van der Waals surface area contributed by atoms with Crippen LogP contribution in [0.2, 0.25) is 0 Å². The van der Waals surface area contributed by atoms with Crippen LogP contribution in [0.15, 0.2) is 42.6 Å². The fourth-order valence-corrected chi connectivity index (χ4v) is 2.00. The van der Waals surface area contributed by atoms with Crippen molar-refractivity contribution < 1.29 is 9.18 Å². The maximum Gasteiger partial charge on any atom is 0.252 e. The third kappa shape index (κ3) is 4.55. The highest BCUT2D eigenvalue weighted by atomic mass is 19.1. The summed E-state index contributed by atoms with van der Waals surface area (Å²) in [6.07, 6.45) is 3.01. The van der Waals surface area contributed by atoms with Gasteiger partial charge in [-0.2, -0.15) is 0 Å². The van der Waals surface area contributed by atoms with E-state index in [0.717, 1.165) is 18.8 Å². The van der Waals surface area contributed by atoms with Crippen molar-refractivity contribution in [2.75, 3.05) is 18.4 Å². The monoisotopic (exact) mass is 301 g/mol. The van der Waals surface area contributed by atoms with Crippen molar-refractivity contribution in [1.29, 1.82) is 0 Å². The Morgan fingerprint density at radius 3 is 2.68 bits per heavy atom. The van der Waals surface area contributed by atoms with Crippen molar-refractivity contribution >= 4 is 11.7 Å². The second kappa shape index (κ2) is 8.12. The minimum Gasteiger partial charge on any atom is -0.370 e. The summed E-state index contributed by atoms with van der Waals surface area (Å²) in [6.45, 7) is 3.31. The summed E-state index contributed by atoms with van der Waals surface area (Å²) in [5.74, 6) is 0.306. The molecule has 1 amide bonds. The number of nitrogens with zero attached hydrogens (tertiary/aromatic N) is 1. The molecular formula is C17H20FN3O. The Labute approximate surface area is 129 Å². The molecule has 2 rings (SSSR count). The lowest BCUT2D eigenvalue weighted by molar-refractivity contribution is 0.0953. The number of halogens is 1. The highest BCUT2D eigenvalue weighted by Gasteiger charge is 2.06. The summed E-state index contributed by atoms with van der Waals surface area (Å²) in [4.78, 5) is 16.2. The first-order valence-corrected chi connectivity index (χ1v) is 7.42. The van der Waals surface area contributed by atoms with Gasteiger partial charge >= 0.3 is 0 Å². The molecule has 0 unspecified atom stereocenters. The third-order valence-corrected chi connectivity index (χ3v) is 3.22. The third-order valence-electron chi connectivity index (χ3n) is 3.22. The molecule has 2 N–H and O–H groups in total. The molecule has 116 valence electrons. The first-order valence-electron chi connectivity index (χ1n) is 7.42. The second-order valence-corrected chi connectivity index (χ2v) is 4.96. The number of rotatable bonds is 7. The van der Waals surface area contributed by atoms with Gasteiger partial charge in [0.25, 0.3) is 5.91 Å². The van der Waals surface area contributed by atoms with E-state index in [2.05, 4.69) is 22.5 Å². The zero-order valence-electron chi connectivity index (χ0n) is 12.6. The van der Waals surface area contributed by atoms with Gasteiger partial charge in [0.15, 0.2) is 0 Å². The van der Waals surface area contributed by atoms with Crippen LogP contribution in [-0.4, -0.2) is 24.0 Å². The number of carbonyl (C=O) groups excluding carboxylic acids is 1. The number of nitrogens with one attached hydrogen (secondary N) is 2. The second-order valence-electron chi connectivity index (χ2n) is 4.96. The van der Waals surface area contributed by atoms with Crippen molar-refractivity contribution in [3.63, 3.8) is 0 Å². The van der Waals surface area contributed by atoms with Gasteiger partial charge in [-0.15, -0.1) is 0 Å². The van der Waals surface area contributed by atoms with Gasteiger partial charge in [-0.25, -0.2) is 9.37 Å². The summed E-state index contributed by atoms with van der Waals surface area (Å²) >= 11 is 0. The number of benzene rings is 1. The summed E-state index contributed by atoms with van der Waals surface area (Å²) in [6, 6.07) is 10.1. The lowest BCUT2D eigenvalue weighted by Crippen LogP contribution is -2.26. The fraction of sp³-hybridized carbons (Fsp3) is 0.294. The molecular weight excluding hydrogens is 281 g/mol. The molecule has 0 atom stereocenters. The number of carbonyl (C=O) groups is 1. The molecule has 0 radical (unpaired) electrons. The highest BCUT2D eigenvalue weighted by Crippen LogP contribution is 2.07. The Morgan fingerprint density at radius 1 is 1.18 bits per heavy atom. The van der Waals surface area contributed by atoms with Crippen LogP contribution < -0.4 is 10.6 Å². The van der Waals surface area contributed by atoms with Gasteiger partial charge in [0.05, 0.1) is 5.56 Å². The number of hydrogen-bond acceptors (Lipinski definition) is 3.